The number of hydrogen-bond acceptors (Lipinski definition) is 2. The second-order valence-electron chi connectivity index (χ2n) is 3.32. The van der Waals surface area contributed by atoms with E-state index in [0.717, 1.165) is 0 Å². The fourth-order valence-electron chi connectivity index (χ4n) is 0.898. The predicted molar refractivity (Wildman–Crippen MR) is 40.2 cm³/mol. The fourth-order valence-corrected chi connectivity index (χ4v) is 0.898. The van der Waals surface area contributed by atoms with E-state index in [4.69, 9.17) is 5.11 Å². The molecule has 0 aromatic carbocycles. The van der Waals surface area contributed by atoms with Crippen LogP contribution in [0, 0.1) is 0 Å². The summed E-state index contributed by atoms with van der Waals surface area (Å²) in [4.78, 5) is 1.33. The minimum absolute atomic E-state index is 0.230. The molecular formula is C7H12F5NO. The van der Waals surface area contributed by atoms with Crippen LogP contribution in [-0.4, -0.2) is 48.8 Å². The highest BCUT2D eigenvalue weighted by atomic mass is 19.4. The lowest BCUT2D eigenvalue weighted by atomic mass is 10.1. The van der Waals surface area contributed by atoms with Crippen LogP contribution in [0.5, 0.6) is 0 Å². The van der Waals surface area contributed by atoms with Gasteiger partial charge in [0.15, 0.2) is 0 Å². The quantitative estimate of drug-likeness (QED) is 0.727. The number of hydrogen-bond donors (Lipinski definition) is 1. The minimum atomic E-state index is -5.60. The van der Waals surface area contributed by atoms with Gasteiger partial charge in [-0.15, -0.1) is 0 Å². The number of halogens is 5. The standard InChI is InChI=1S/C7H12F5NO/c1-13(2)4-5(14)3-6(8,9)7(10,11)12/h5,14H,3-4H2,1-2H3. The molecule has 1 unspecified atom stereocenters. The van der Waals surface area contributed by atoms with Crippen molar-refractivity contribution in [1.29, 1.82) is 0 Å². The molecule has 0 rings (SSSR count). The van der Waals surface area contributed by atoms with Gasteiger partial charge in [0, 0.05) is 13.0 Å². The SMILES string of the molecule is CN(C)CC(O)CC(F)(F)C(F)(F)F. The molecule has 0 aromatic rings. The van der Waals surface area contributed by atoms with Crippen LogP contribution in [-0.2, 0) is 0 Å². The molecule has 0 amide bonds. The summed E-state index contributed by atoms with van der Waals surface area (Å²) in [5.41, 5.74) is 0. The van der Waals surface area contributed by atoms with Crippen LogP contribution in [0.25, 0.3) is 0 Å². The molecule has 7 heteroatoms. The van der Waals surface area contributed by atoms with Gasteiger partial charge in [0.25, 0.3) is 0 Å². The topological polar surface area (TPSA) is 23.5 Å². The third-order valence-electron chi connectivity index (χ3n) is 1.48. The van der Waals surface area contributed by atoms with E-state index < -0.39 is 24.6 Å². The van der Waals surface area contributed by atoms with E-state index in [2.05, 4.69) is 0 Å². The Morgan fingerprint density at radius 2 is 1.57 bits per heavy atom. The summed E-state index contributed by atoms with van der Waals surface area (Å²) < 4.78 is 59.6. The summed E-state index contributed by atoms with van der Waals surface area (Å²) in [6.45, 7) is -0.230. The van der Waals surface area contributed by atoms with E-state index in [0.29, 0.717) is 0 Å². The van der Waals surface area contributed by atoms with Crippen LogP contribution in [0.2, 0.25) is 0 Å². The Morgan fingerprint density at radius 3 is 1.86 bits per heavy atom. The highest BCUT2D eigenvalue weighted by Crippen LogP contribution is 2.38. The number of alkyl halides is 5. The van der Waals surface area contributed by atoms with Crippen LogP contribution in [0.1, 0.15) is 6.42 Å². The highest BCUT2D eigenvalue weighted by molar-refractivity contribution is 4.79. The van der Waals surface area contributed by atoms with Crippen LogP contribution < -0.4 is 0 Å². The molecule has 0 saturated heterocycles. The Kier molecular flexibility index (Phi) is 4.26. The van der Waals surface area contributed by atoms with Gasteiger partial charge >= 0.3 is 12.1 Å². The minimum Gasteiger partial charge on any atom is -0.392 e. The second kappa shape index (κ2) is 4.39. The molecule has 0 bridgehead atoms. The first-order chi connectivity index (χ1) is 6.06. The zero-order valence-electron chi connectivity index (χ0n) is 7.78. The number of nitrogens with zero attached hydrogens (tertiary/aromatic N) is 1. The lowest BCUT2D eigenvalue weighted by Gasteiger charge is -2.23. The Morgan fingerprint density at radius 1 is 1.14 bits per heavy atom. The molecule has 2 nitrogen and oxygen atoms in total. The second-order valence-corrected chi connectivity index (χ2v) is 3.32. The Balaban J connectivity index is 4.22. The van der Waals surface area contributed by atoms with E-state index in [1.54, 1.807) is 0 Å². The van der Waals surface area contributed by atoms with Gasteiger partial charge in [-0.05, 0) is 14.1 Å². The van der Waals surface area contributed by atoms with Gasteiger partial charge in [-0.2, -0.15) is 22.0 Å². The first-order valence-corrected chi connectivity index (χ1v) is 3.83. The zero-order valence-corrected chi connectivity index (χ0v) is 7.78. The van der Waals surface area contributed by atoms with Crippen LogP contribution in [0.15, 0.2) is 0 Å². The Labute approximate surface area is 78.3 Å². The lowest BCUT2D eigenvalue weighted by molar-refractivity contribution is -0.290. The van der Waals surface area contributed by atoms with Crippen molar-refractivity contribution in [3.05, 3.63) is 0 Å². The van der Waals surface area contributed by atoms with E-state index in [1.165, 1.54) is 19.0 Å². The van der Waals surface area contributed by atoms with Gasteiger partial charge in [-0.3, -0.25) is 0 Å². The van der Waals surface area contributed by atoms with Crippen molar-refractivity contribution in [2.24, 2.45) is 0 Å². The monoisotopic (exact) mass is 221 g/mol. The van der Waals surface area contributed by atoms with Gasteiger partial charge in [-0.1, -0.05) is 0 Å². The van der Waals surface area contributed by atoms with E-state index in [-0.39, 0.29) is 6.54 Å². The molecule has 0 aromatic heterocycles. The molecule has 0 aliphatic heterocycles. The van der Waals surface area contributed by atoms with Crippen molar-refractivity contribution in [1.82, 2.24) is 4.90 Å². The first-order valence-electron chi connectivity index (χ1n) is 3.83. The van der Waals surface area contributed by atoms with Crippen molar-refractivity contribution in [3.8, 4) is 0 Å². The molecule has 0 spiro atoms. The van der Waals surface area contributed by atoms with Crippen molar-refractivity contribution >= 4 is 0 Å². The Bertz CT molecular complexity index is 179. The maximum absolute atomic E-state index is 12.3. The van der Waals surface area contributed by atoms with Crippen LogP contribution in [0.4, 0.5) is 22.0 Å². The molecule has 0 heterocycles. The van der Waals surface area contributed by atoms with Crippen molar-refractivity contribution in [3.63, 3.8) is 0 Å². The van der Waals surface area contributed by atoms with Crippen molar-refractivity contribution in [2.45, 2.75) is 24.6 Å². The Hall–Kier alpha value is -0.430. The molecule has 0 radical (unpaired) electrons. The average molecular weight is 221 g/mol. The number of rotatable bonds is 4. The van der Waals surface area contributed by atoms with Gasteiger partial charge in [0.05, 0.1) is 6.10 Å². The summed E-state index contributed by atoms with van der Waals surface area (Å²) >= 11 is 0. The molecular weight excluding hydrogens is 209 g/mol. The highest BCUT2D eigenvalue weighted by Gasteiger charge is 2.57. The lowest BCUT2D eigenvalue weighted by Crippen LogP contribution is -2.41. The normalized spacial score (nSPS) is 16.1. The van der Waals surface area contributed by atoms with Gasteiger partial charge in [0.1, 0.15) is 0 Å². The first kappa shape index (κ1) is 13.6. The fraction of sp³-hybridized carbons (Fsp3) is 1.00. The molecule has 14 heavy (non-hydrogen) atoms. The smallest absolute Gasteiger partial charge is 0.392 e. The summed E-state index contributed by atoms with van der Waals surface area (Å²) in [5, 5.41) is 8.90. The van der Waals surface area contributed by atoms with Crippen molar-refractivity contribution in [2.75, 3.05) is 20.6 Å². The summed E-state index contributed by atoms with van der Waals surface area (Å²) in [6.07, 6.45) is -8.89. The molecule has 0 fully saturated rings. The molecule has 0 aliphatic carbocycles. The summed E-state index contributed by atoms with van der Waals surface area (Å²) in [7, 11) is 2.93. The maximum Gasteiger partial charge on any atom is 0.453 e. The van der Waals surface area contributed by atoms with E-state index in [9.17, 15) is 22.0 Å². The van der Waals surface area contributed by atoms with E-state index in [1.807, 2.05) is 0 Å². The number of aliphatic hydroxyl groups is 1. The van der Waals surface area contributed by atoms with Crippen molar-refractivity contribution < 1.29 is 27.1 Å². The molecule has 1 atom stereocenters. The third kappa shape index (κ3) is 4.19. The zero-order chi connectivity index (χ0) is 11.6. The predicted octanol–water partition coefficient (Wildman–Crippen LogP) is 1.50. The van der Waals surface area contributed by atoms with Crippen LogP contribution in [0.3, 0.4) is 0 Å². The molecule has 0 saturated carbocycles. The molecule has 86 valence electrons. The third-order valence-corrected chi connectivity index (χ3v) is 1.48. The largest absolute Gasteiger partial charge is 0.453 e. The number of aliphatic hydroxyl groups excluding tert-OH is 1. The van der Waals surface area contributed by atoms with Crippen LogP contribution >= 0.6 is 0 Å². The summed E-state index contributed by atoms with van der Waals surface area (Å²) in [6, 6.07) is 0. The number of likely N-dealkylation sites (N-methyl/N-ethyl adjacent to an activating group) is 1. The molecule has 0 aliphatic rings. The maximum atomic E-state index is 12.3. The van der Waals surface area contributed by atoms with Gasteiger partial charge in [0.2, 0.25) is 0 Å². The van der Waals surface area contributed by atoms with Gasteiger partial charge in [-0.25, -0.2) is 0 Å². The average Bonchev–Trinajstić information content (AvgIpc) is 1.79. The molecule has 1 N–H and O–H groups in total. The van der Waals surface area contributed by atoms with Gasteiger partial charge < -0.3 is 10.0 Å². The van der Waals surface area contributed by atoms with E-state index >= 15 is 0 Å². The summed E-state index contributed by atoms with van der Waals surface area (Å²) in [5.74, 6) is -4.83.